The first-order chi connectivity index (χ1) is 9.93. The van der Waals surface area contributed by atoms with Crippen LogP contribution in [0.4, 0.5) is 0 Å². The Kier molecular flexibility index (Phi) is 4.59. The van der Waals surface area contributed by atoms with Crippen molar-refractivity contribution in [3.8, 4) is 0 Å². The van der Waals surface area contributed by atoms with E-state index >= 15 is 0 Å². The van der Waals surface area contributed by atoms with Crippen LogP contribution in [0, 0.1) is 0 Å². The van der Waals surface area contributed by atoms with Crippen LogP contribution in [0.5, 0.6) is 0 Å². The molecule has 0 aromatic heterocycles. The first-order valence-electron chi connectivity index (χ1n) is 6.82. The Hall–Kier alpha value is -1.92. The van der Waals surface area contributed by atoms with Gasteiger partial charge in [-0.2, -0.15) is 0 Å². The lowest BCUT2D eigenvalue weighted by Crippen LogP contribution is -2.57. The molecule has 0 unspecified atom stereocenters. The number of benzene rings is 1. The van der Waals surface area contributed by atoms with E-state index in [0.29, 0.717) is 0 Å². The Morgan fingerprint density at radius 3 is 2.71 bits per heavy atom. The van der Waals surface area contributed by atoms with E-state index in [9.17, 15) is 14.7 Å². The predicted octanol–water partition coefficient (Wildman–Crippen LogP) is 0.130. The number of hydrogen-bond donors (Lipinski definition) is 3. The lowest BCUT2D eigenvalue weighted by atomic mass is 9.98. The number of nitrogens with one attached hydrogen (secondary N) is 2. The topological polar surface area (TPSA) is 87.7 Å². The van der Waals surface area contributed by atoms with Gasteiger partial charge in [-0.3, -0.25) is 9.59 Å². The van der Waals surface area contributed by atoms with E-state index in [1.165, 1.54) is 0 Å². The minimum absolute atomic E-state index is 0.152. The number of ether oxygens (including phenoxy) is 1. The molecule has 1 fully saturated rings. The van der Waals surface area contributed by atoms with Gasteiger partial charge in [0.25, 0.3) is 5.91 Å². The Morgan fingerprint density at radius 1 is 1.43 bits per heavy atom. The van der Waals surface area contributed by atoms with Crippen molar-refractivity contribution >= 4 is 11.8 Å². The summed E-state index contributed by atoms with van der Waals surface area (Å²) < 4.78 is 5.40. The van der Waals surface area contributed by atoms with E-state index in [4.69, 9.17) is 4.74 Å². The van der Waals surface area contributed by atoms with Crippen molar-refractivity contribution < 1.29 is 19.4 Å². The number of hydrogen-bond acceptors (Lipinski definition) is 4. The summed E-state index contributed by atoms with van der Waals surface area (Å²) in [6.07, 6.45) is -0.823. The van der Waals surface area contributed by atoms with Crippen LogP contribution in [-0.4, -0.2) is 41.8 Å². The van der Waals surface area contributed by atoms with Crippen LogP contribution in [0.1, 0.15) is 25.5 Å². The standard InChI is InChI=1S/C15H20N2O4/c1-15(2,9-18)17-14(20)13-12(16-11(19)8-21-13)10-6-4-3-5-7-10/h3-7,12-13,18H,8-9H2,1-2H3,(H,16,19)(H,17,20)/t12-,13+/m1/s1. The lowest BCUT2D eigenvalue weighted by molar-refractivity contribution is -0.149. The highest BCUT2D eigenvalue weighted by Gasteiger charge is 2.37. The summed E-state index contributed by atoms with van der Waals surface area (Å²) in [5.74, 6) is -0.614. The van der Waals surface area contributed by atoms with Gasteiger partial charge in [-0.25, -0.2) is 0 Å². The number of amides is 2. The Bertz CT molecular complexity index is 516. The zero-order chi connectivity index (χ0) is 15.5. The normalized spacial score (nSPS) is 22.5. The summed E-state index contributed by atoms with van der Waals surface area (Å²) in [5.41, 5.74) is 0.0517. The SMILES string of the molecule is CC(C)(CO)NC(=O)[C@H]1OCC(=O)N[C@@H]1c1ccccc1. The molecule has 0 saturated carbocycles. The van der Waals surface area contributed by atoms with Gasteiger partial charge < -0.3 is 20.5 Å². The van der Waals surface area contributed by atoms with Crippen LogP contribution < -0.4 is 10.6 Å². The number of aliphatic hydroxyl groups excluding tert-OH is 1. The van der Waals surface area contributed by atoms with Gasteiger partial charge in [0.05, 0.1) is 18.2 Å². The fourth-order valence-electron chi connectivity index (χ4n) is 2.14. The molecule has 1 aromatic rings. The molecule has 1 aromatic carbocycles. The molecule has 1 aliphatic rings. The molecule has 0 bridgehead atoms. The Morgan fingerprint density at radius 2 is 2.10 bits per heavy atom. The maximum atomic E-state index is 12.4. The highest BCUT2D eigenvalue weighted by molar-refractivity contribution is 5.86. The number of aliphatic hydroxyl groups is 1. The third-order valence-electron chi connectivity index (χ3n) is 3.29. The van der Waals surface area contributed by atoms with E-state index in [0.717, 1.165) is 5.56 Å². The van der Waals surface area contributed by atoms with Crippen LogP contribution in [0.2, 0.25) is 0 Å². The van der Waals surface area contributed by atoms with Gasteiger partial charge in [-0.15, -0.1) is 0 Å². The van der Waals surface area contributed by atoms with Gasteiger partial charge in [0.15, 0.2) is 6.10 Å². The third kappa shape index (κ3) is 3.80. The average molecular weight is 292 g/mol. The average Bonchev–Trinajstić information content (AvgIpc) is 2.47. The van der Waals surface area contributed by atoms with Crippen molar-refractivity contribution in [3.05, 3.63) is 35.9 Å². The van der Waals surface area contributed by atoms with E-state index < -0.39 is 17.7 Å². The molecule has 6 heteroatoms. The Labute approximate surface area is 123 Å². The molecule has 21 heavy (non-hydrogen) atoms. The zero-order valence-corrected chi connectivity index (χ0v) is 12.1. The zero-order valence-electron chi connectivity index (χ0n) is 12.1. The minimum Gasteiger partial charge on any atom is -0.394 e. The molecule has 1 heterocycles. The van der Waals surface area contributed by atoms with Crippen molar-refractivity contribution in [1.82, 2.24) is 10.6 Å². The maximum Gasteiger partial charge on any atom is 0.252 e. The molecular formula is C15H20N2O4. The van der Waals surface area contributed by atoms with Gasteiger partial charge in [-0.05, 0) is 19.4 Å². The summed E-state index contributed by atoms with van der Waals surface area (Å²) in [4.78, 5) is 23.9. The van der Waals surface area contributed by atoms with Gasteiger partial charge in [-0.1, -0.05) is 30.3 Å². The molecule has 1 saturated heterocycles. The van der Waals surface area contributed by atoms with E-state index in [1.54, 1.807) is 13.8 Å². The summed E-state index contributed by atoms with van der Waals surface area (Å²) in [6, 6.07) is 8.65. The first kappa shape index (κ1) is 15.5. The number of carbonyl (C=O) groups is 2. The van der Waals surface area contributed by atoms with Crippen LogP contribution in [0.15, 0.2) is 30.3 Å². The second kappa shape index (κ2) is 6.24. The third-order valence-corrected chi connectivity index (χ3v) is 3.29. The molecule has 3 N–H and O–H groups in total. The summed E-state index contributed by atoms with van der Waals surface area (Å²) in [5, 5.41) is 14.7. The van der Waals surface area contributed by atoms with Crippen molar-refractivity contribution in [1.29, 1.82) is 0 Å². The minimum atomic E-state index is -0.823. The predicted molar refractivity (Wildman–Crippen MR) is 76.4 cm³/mol. The molecule has 2 rings (SSSR count). The van der Waals surface area contributed by atoms with Crippen molar-refractivity contribution in [2.45, 2.75) is 31.5 Å². The molecule has 1 aliphatic heterocycles. The van der Waals surface area contributed by atoms with E-state index in [2.05, 4.69) is 10.6 Å². The van der Waals surface area contributed by atoms with Gasteiger partial charge in [0.1, 0.15) is 6.61 Å². The van der Waals surface area contributed by atoms with Gasteiger partial charge in [0, 0.05) is 0 Å². The van der Waals surface area contributed by atoms with E-state index in [1.807, 2.05) is 30.3 Å². The molecular weight excluding hydrogens is 272 g/mol. The molecule has 2 atom stereocenters. The van der Waals surface area contributed by atoms with Crippen molar-refractivity contribution in [2.24, 2.45) is 0 Å². The van der Waals surface area contributed by atoms with E-state index in [-0.39, 0.29) is 25.0 Å². The second-order valence-electron chi connectivity index (χ2n) is 5.72. The monoisotopic (exact) mass is 292 g/mol. The summed E-state index contributed by atoms with van der Waals surface area (Å²) >= 11 is 0. The highest BCUT2D eigenvalue weighted by atomic mass is 16.5. The maximum absolute atomic E-state index is 12.4. The summed E-state index contributed by atoms with van der Waals surface area (Å²) in [7, 11) is 0. The smallest absolute Gasteiger partial charge is 0.252 e. The Balaban J connectivity index is 2.19. The van der Waals surface area contributed by atoms with Gasteiger partial charge in [0.2, 0.25) is 5.91 Å². The molecule has 0 aliphatic carbocycles. The summed E-state index contributed by atoms with van der Waals surface area (Å²) in [6.45, 7) is 3.09. The quantitative estimate of drug-likeness (QED) is 0.736. The number of rotatable bonds is 4. The van der Waals surface area contributed by atoms with Crippen LogP contribution in [0.25, 0.3) is 0 Å². The molecule has 114 valence electrons. The molecule has 2 amide bonds. The molecule has 0 spiro atoms. The number of carbonyl (C=O) groups excluding carboxylic acids is 2. The largest absolute Gasteiger partial charge is 0.394 e. The van der Waals surface area contributed by atoms with Gasteiger partial charge >= 0.3 is 0 Å². The molecule has 0 radical (unpaired) electrons. The fourth-order valence-corrected chi connectivity index (χ4v) is 2.14. The number of morpholine rings is 1. The fraction of sp³-hybridized carbons (Fsp3) is 0.467. The highest BCUT2D eigenvalue weighted by Crippen LogP contribution is 2.23. The van der Waals surface area contributed by atoms with Crippen LogP contribution in [0.3, 0.4) is 0 Å². The first-order valence-corrected chi connectivity index (χ1v) is 6.82. The van der Waals surface area contributed by atoms with Crippen molar-refractivity contribution in [3.63, 3.8) is 0 Å². The lowest BCUT2D eigenvalue weighted by Gasteiger charge is -2.34. The molecule has 6 nitrogen and oxygen atoms in total. The second-order valence-corrected chi connectivity index (χ2v) is 5.72. The van der Waals surface area contributed by atoms with Crippen LogP contribution in [-0.2, 0) is 14.3 Å². The van der Waals surface area contributed by atoms with Crippen LogP contribution >= 0.6 is 0 Å². The van der Waals surface area contributed by atoms with Crippen molar-refractivity contribution in [2.75, 3.05) is 13.2 Å².